The largest absolute Gasteiger partial charge is 0.548 e. The van der Waals surface area contributed by atoms with Crippen LogP contribution in [0.2, 0.25) is 0 Å². The van der Waals surface area contributed by atoms with E-state index in [4.69, 9.17) is 0 Å². The molecule has 2 atom stereocenters. The Bertz CT molecular complexity index is 241. The normalized spacial score (nSPS) is 14.3. The van der Waals surface area contributed by atoms with Gasteiger partial charge < -0.3 is 20.5 Å². The molecule has 0 aliphatic heterocycles. The molecule has 0 saturated heterocycles. The van der Waals surface area contributed by atoms with Gasteiger partial charge in [-0.2, -0.15) is 0 Å². The molecule has 0 saturated carbocycles. The fraction of sp³-hybridized carbons (Fsp3) is 0.818. The smallest absolute Gasteiger partial charge is 0.315 e. The van der Waals surface area contributed by atoms with Gasteiger partial charge in [-0.3, -0.25) is 0 Å². The van der Waals surface area contributed by atoms with E-state index in [1.54, 1.807) is 0 Å². The fourth-order valence-corrected chi connectivity index (χ4v) is 1.21. The topological polar surface area (TPSA) is 81.3 Å². The Morgan fingerprint density at radius 2 is 1.75 bits per heavy atom. The number of carbonyl (C=O) groups excluding carboxylic acids is 2. The van der Waals surface area contributed by atoms with Crippen LogP contribution in [0.4, 0.5) is 4.79 Å². The standard InChI is InChI=1S/C11H22N2O3/c1-5-8(4)12-11(16)13-9(10(14)15)6-7(2)3/h7-9H,5-6H2,1-4H3,(H,14,15)(H2,12,13,16)/p-1/t8-,9-/m0/s1. The average molecular weight is 229 g/mol. The number of amides is 2. The van der Waals surface area contributed by atoms with Gasteiger partial charge in [0.05, 0.1) is 12.0 Å². The summed E-state index contributed by atoms with van der Waals surface area (Å²) in [4.78, 5) is 22.2. The summed E-state index contributed by atoms with van der Waals surface area (Å²) in [6.07, 6.45) is 1.17. The van der Waals surface area contributed by atoms with Gasteiger partial charge in [-0.05, 0) is 25.7 Å². The van der Waals surface area contributed by atoms with Gasteiger partial charge in [0.1, 0.15) is 0 Å². The molecule has 0 radical (unpaired) electrons. The molecule has 0 bridgehead atoms. The SMILES string of the molecule is CC[C@H](C)NC(=O)N[C@@H](CC(C)C)C(=O)[O-]. The molecule has 0 rings (SSSR count). The molecule has 2 N–H and O–H groups in total. The highest BCUT2D eigenvalue weighted by atomic mass is 16.4. The number of urea groups is 1. The number of carboxylic acids is 1. The van der Waals surface area contributed by atoms with Crippen molar-refractivity contribution in [3.63, 3.8) is 0 Å². The van der Waals surface area contributed by atoms with Crippen LogP contribution in [0.1, 0.15) is 40.5 Å². The lowest BCUT2D eigenvalue weighted by atomic mass is 10.0. The lowest BCUT2D eigenvalue weighted by molar-refractivity contribution is -0.308. The van der Waals surface area contributed by atoms with Gasteiger partial charge in [0.2, 0.25) is 0 Å². The van der Waals surface area contributed by atoms with E-state index >= 15 is 0 Å². The molecule has 0 aromatic rings. The number of hydrogen-bond acceptors (Lipinski definition) is 3. The zero-order chi connectivity index (χ0) is 12.7. The highest BCUT2D eigenvalue weighted by molar-refractivity contribution is 5.81. The van der Waals surface area contributed by atoms with E-state index in [0.717, 1.165) is 6.42 Å². The molecule has 0 aromatic heterocycles. The van der Waals surface area contributed by atoms with Crippen molar-refractivity contribution in [1.29, 1.82) is 0 Å². The second-order valence-electron chi connectivity index (χ2n) is 4.43. The summed E-state index contributed by atoms with van der Waals surface area (Å²) in [6, 6.07) is -1.35. The minimum atomic E-state index is -1.24. The molecule has 0 heterocycles. The van der Waals surface area contributed by atoms with Gasteiger partial charge in [-0.15, -0.1) is 0 Å². The van der Waals surface area contributed by atoms with Crippen molar-refractivity contribution >= 4 is 12.0 Å². The second kappa shape index (κ2) is 7.09. The van der Waals surface area contributed by atoms with Gasteiger partial charge in [0, 0.05) is 6.04 Å². The third-order valence-electron chi connectivity index (χ3n) is 2.29. The molecule has 0 unspecified atom stereocenters. The van der Waals surface area contributed by atoms with Gasteiger partial charge in [-0.1, -0.05) is 20.8 Å². The van der Waals surface area contributed by atoms with Gasteiger partial charge >= 0.3 is 6.03 Å². The van der Waals surface area contributed by atoms with Crippen molar-refractivity contribution < 1.29 is 14.7 Å². The van der Waals surface area contributed by atoms with Crippen LogP contribution in [0.5, 0.6) is 0 Å². The maximum absolute atomic E-state index is 11.4. The molecular formula is C11H21N2O3-. The van der Waals surface area contributed by atoms with E-state index in [1.807, 2.05) is 27.7 Å². The summed E-state index contributed by atoms with van der Waals surface area (Å²) in [5.74, 6) is -1.06. The molecule has 5 nitrogen and oxygen atoms in total. The first-order chi connectivity index (χ1) is 7.36. The lowest BCUT2D eigenvalue weighted by Crippen LogP contribution is -2.52. The van der Waals surface area contributed by atoms with Crippen molar-refractivity contribution in [3.8, 4) is 0 Å². The Morgan fingerprint density at radius 1 is 1.19 bits per heavy atom. The van der Waals surface area contributed by atoms with E-state index in [-0.39, 0.29) is 12.0 Å². The van der Waals surface area contributed by atoms with Crippen LogP contribution < -0.4 is 15.7 Å². The van der Waals surface area contributed by atoms with E-state index in [0.29, 0.717) is 6.42 Å². The lowest BCUT2D eigenvalue weighted by Gasteiger charge is -2.22. The summed E-state index contributed by atoms with van der Waals surface area (Å²) in [6.45, 7) is 7.58. The summed E-state index contributed by atoms with van der Waals surface area (Å²) >= 11 is 0. The van der Waals surface area contributed by atoms with E-state index in [2.05, 4.69) is 10.6 Å². The number of hydrogen-bond donors (Lipinski definition) is 2. The molecule has 0 spiro atoms. The Balaban J connectivity index is 4.18. The van der Waals surface area contributed by atoms with Crippen LogP contribution in [-0.2, 0) is 4.79 Å². The first kappa shape index (κ1) is 14.7. The number of rotatable bonds is 6. The minimum Gasteiger partial charge on any atom is -0.548 e. The second-order valence-corrected chi connectivity index (χ2v) is 4.43. The molecule has 0 aromatic carbocycles. The molecule has 16 heavy (non-hydrogen) atoms. The molecule has 2 amide bonds. The van der Waals surface area contributed by atoms with Crippen molar-refractivity contribution in [2.75, 3.05) is 0 Å². The Hall–Kier alpha value is -1.26. The van der Waals surface area contributed by atoms with Crippen molar-refractivity contribution in [1.82, 2.24) is 10.6 Å². The number of aliphatic carboxylic acids is 1. The van der Waals surface area contributed by atoms with Gasteiger partial charge in [0.25, 0.3) is 0 Å². The Kier molecular flexibility index (Phi) is 6.53. The number of nitrogens with one attached hydrogen (secondary N) is 2. The summed E-state index contributed by atoms with van der Waals surface area (Å²) in [5.41, 5.74) is 0. The van der Waals surface area contributed by atoms with Crippen LogP contribution >= 0.6 is 0 Å². The predicted octanol–water partition coefficient (Wildman–Crippen LogP) is 0.249. The zero-order valence-corrected chi connectivity index (χ0v) is 10.4. The van der Waals surface area contributed by atoms with Crippen molar-refractivity contribution in [2.24, 2.45) is 5.92 Å². The highest BCUT2D eigenvalue weighted by Crippen LogP contribution is 2.04. The average Bonchev–Trinajstić information content (AvgIpc) is 2.15. The van der Waals surface area contributed by atoms with Gasteiger partial charge in [0.15, 0.2) is 0 Å². The maximum Gasteiger partial charge on any atom is 0.315 e. The first-order valence-electron chi connectivity index (χ1n) is 5.64. The Morgan fingerprint density at radius 3 is 2.12 bits per heavy atom. The quantitative estimate of drug-likeness (QED) is 0.685. The van der Waals surface area contributed by atoms with E-state index in [9.17, 15) is 14.7 Å². The molecule has 0 aliphatic carbocycles. The van der Waals surface area contributed by atoms with Crippen LogP contribution in [-0.4, -0.2) is 24.1 Å². The summed E-state index contributed by atoms with van der Waals surface area (Å²) < 4.78 is 0. The third-order valence-corrected chi connectivity index (χ3v) is 2.29. The highest BCUT2D eigenvalue weighted by Gasteiger charge is 2.15. The zero-order valence-electron chi connectivity index (χ0n) is 10.4. The first-order valence-corrected chi connectivity index (χ1v) is 5.64. The third kappa shape index (κ3) is 6.27. The van der Waals surface area contributed by atoms with Crippen molar-refractivity contribution in [2.45, 2.75) is 52.6 Å². The molecule has 0 fully saturated rings. The maximum atomic E-state index is 11.4. The minimum absolute atomic E-state index is 0.0291. The van der Waals surface area contributed by atoms with E-state index in [1.165, 1.54) is 0 Å². The fourth-order valence-electron chi connectivity index (χ4n) is 1.21. The van der Waals surface area contributed by atoms with Gasteiger partial charge in [-0.25, -0.2) is 4.79 Å². The van der Waals surface area contributed by atoms with Crippen LogP contribution in [0, 0.1) is 5.92 Å². The van der Waals surface area contributed by atoms with Crippen molar-refractivity contribution in [3.05, 3.63) is 0 Å². The number of carboxylic acid groups (broad SMARTS) is 1. The number of carbonyl (C=O) groups is 2. The van der Waals surface area contributed by atoms with E-state index < -0.39 is 18.0 Å². The Labute approximate surface area is 96.6 Å². The van der Waals surface area contributed by atoms with Crippen LogP contribution in [0.3, 0.4) is 0 Å². The molecule has 5 heteroatoms. The molecule has 0 aliphatic rings. The summed E-state index contributed by atoms with van der Waals surface area (Å²) in [7, 11) is 0. The predicted molar refractivity (Wildman–Crippen MR) is 59.7 cm³/mol. The van der Waals surface area contributed by atoms with Crippen LogP contribution in [0.15, 0.2) is 0 Å². The molecular weight excluding hydrogens is 208 g/mol. The molecule has 94 valence electrons. The van der Waals surface area contributed by atoms with Crippen LogP contribution in [0.25, 0.3) is 0 Å². The summed E-state index contributed by atoms with van der Waals surface area (Å²) in [5, 5.41) is 15.8. The monoisotopic (exact) mass is 229 g/mol.